The van der Waals surface area contributed by atoms with E-state index in [1.165, 1.54) is 6.07 Å². The van der Waals surface area contributed by atoms with Gasteiger partial charge in [0.15, 0.2) is 5.82 Å². The molecule has 0 aliphatic carbocycles. The summed E-state index contributed by atoms with van der Waals surface area (Å²) in [5, 5.41) is 11.3. The number of nitrogens with zero attached hydrogens (tertiary/aromatic N) is 5. The third kappa shape index (κ3) is 6.73. The second-order valence-corrected chi connectivity index (χ2v) is 13.2. The van der Waals surface area contributed by atoms with Crippen molar-refractivity contribution in [1.82, 2.24) is 30.0 Å². The van der Waals surface area contributed by atoms with E-state index in [9.17, 15) is 14.0 Å². The van der Waals surface area contributed by atoms with Crippen LogP contribution < -0.4 is 5.32 Å². The van der Waals surface area contributed by atoms with E-state index in [0.29, 0.717) is 54.4 Å². The molecule has 50 heavy (non-hydrogen) atoms. The zero-order chi connectivity index (χ0) is 34.8. The zero-order valence-electron chi connectivity index (χ0n) is 28.0. The summed E-state index contributed by atoms with van der Waals surface area (Å²) in [7, 11) is 1.59. The Hall–Kier alpha value is -5.07. The number of carbonyl (C=O) groups excluding carboxylic acids is 2. The first-order chi connectivity index (χ1) is 24.2. The van der Waals surface area contributed by atoms with Crippen molar-refractivity contribution in [2.24, 2.45) is 5.92 Å². The Kier molecular flexibility index (Phi) is 9.39. The number of alkyl halides is 1. The summed E-state index contributed by atoms with van der Waals surface area (Å²) in [5.41, 5.74) is 3.25. The van der Waals surface area contributed by atoms with Gasteiger partial charge in [-0.15, -0.1) is 0 Å². The van der Waals surface area contributed by atoms with Gasteiger partial charge in [-0.05, 0) is 73.5 Å². The minimum atomic E-state index is -1.53. The largest absolute Gasteiger partial charge is 0.383 e. The smallest absolute Gasteiger partial charge is 0.236 e. The summed E-state index contributed by atoms with van der Waals surface area (Å²) < 4.78 is 35.5. The third-order valence-corrected chi connectivity index (χ3v) is 10.1. The lowest BCUT2D eigenvalue weighted by Gasteiger charge is -2.38. The molecule has 2 fully saturated rings. The minimum Gasteiger partial charge on any atom is -0.383 e. The maximum Gasteiger partial charge on any atom is 0.236 e. The monoisotopic (exact) mass is 679 g/mol. The van der Waals surface area contributed by atoms with E-state index in [-0.39, 0.29) is 49.7 Å². The summed E-state index contributed by atoms with van der Waals surface area (Å²) in [6, 6.07) is 19.1. The molecular formula is C38H39F2N7O3. The van der Waals surface area contributed by atoms with Crippen molar-refractivity contribution in [1.29, 1.82) is 0 Å². The molecule has 10 nitrogen and oxygen atoms in total. The predicted octanol–water partition coefficient (Wildman–Crippen LogP) is 5.90. The number of piperidine rings is 1. The Morgan fingerprint density at radius 2 is 1.74 bits per heavy atom. The van der Waals surface area contributed by atoms with E-state index in [4.69, 9.17) is 4.74 Å². The van der Waals surface area contributed by atoms with Crippen LogP contribution in [0.1, 0.15) is 30.4 Å². The number of halogens is 2. The highest BCUT2D eigenvalue weighted by Crippen LogP contribution is 2.38. The number of aromatic nitrogens is 4. The van der Waals surface area contributed by atoms with E-state index in [2.05, 4.69) is 25.5 Å². The molecule has 258 valence electrons. The SMILES string of the molecule is COC[C@H]1[C@H](C(=O)Nc2ccc3[nH]nc(-c4ccc(F)c(C)c4)c3c2)CCN1CC(=O)N1CCC(F)(c2ccc(-c3ncccn3)cc2)CC1. The van der Waals surface area contributed by atoms with E-state index in [1.54, 1.807) is 61.7 Å². The number of fused-ring (bicyclic) bond motifs is 1. The molecule has 0 unspecified atom stereocenters. The number of hydrogen-bond donors (Lipinski definition) is 2. The molecule has 3 aromatic carbocycles. The average Bonchev–Trinajstić information content (AvgIpc) is 3.74. The lowest BCUT2D eigenvalue weighted by Crippen LogP contribution is -2.49. The molecule has 2 amide bonds. The summed E-state index contributed by atoms with van der Waals surface area (Å²) >= 11 is 0. The first-order valence-electron chi connectivity index (χ1n) is 16.9. The van der Waals surface area contributed by atoms with Crippen LogP contribution in [0.4, 0.5) is 14.5 Å². The predicted molar refractivity (Wildman–Crippen MR) is 186 cm³/mol. The number of aromatic amines is 1. The van der Waals surface area contributed by atoms with Crippen LogP contribution in [0.15, 0.2) is 79.1 Å². The van der Waals surface area contributed by atoms with Crippen LogP contribution in [0.5, 0.6) is 0 Å². The van der Waals surface area contributed by atoms with Crippen molar-refractivity contribution in [3.63, 3.8) is 0 Å². The normalized spacial score (nSPS) is 19.2. The number of likely N-dealkylation sites (tertiary alicyclic amines) is 2. The number of aryl methyl sites for hydroxylation is 1. The van der Waals surface area contributed by atoms with Crippen LogP contribution in [-0.2, 0) is 20.0 Å². The van der Waals surface area contributed by atoms with E-state index >= 15 is 4.39 Å². The Labute approximate surface area is 288 Å². The highest BCUT2D eigenvalue weighted by molar-refractivity contribution is 5.99. The highest BCUT2D eigenvalue weighted by atomic mass is 19.1. The Bertz CT molecular complexity index is 2000. The molecule has 2 aliphatic heterocycles. The molecule has 2 atom stereocenters. The number of ether oxygens (including phenoxy) is 1. The molecule has 0 spiro atoms. The molecule has 2 aromatic heterocycles. The van der Waals surface area contributed by atoms with Crippen LogP contribution >= 0.6 is 0 Å². The average molecular weight is 680 g/mol. The molecule has 4 heterocycles. The van der Waals surface area contributed by atoms with Crippen molar-refractivity contribution in [3.05, 3.63) is 96.1 Å². The summed E-state index contributed by atoms with van der Waals surface area (Å²) in [5.74, 6) is -0.335. The van der Waals surface area contributed by atoms with Gasteiger partial charge < -0.3 is 15.0 Å². The molecule has 7 rings (SSSR count). The Balaban J connectivity index is 0.971. The second-order valence-electron chi connectivity index (χ2n) is 13.2. The van der Waals surface area contributed by atoms with Gasteiger partial charge in [0.05, 0.1) is 30.3 Å². The lowest BCUT2D eigenvalue weighted by molar-refractivity contribution is -0.136. The topological polar surface area (TPSA) is 116 Å². The molecule has 0 saturated carbocycles. The molecular weight excluding hydrogens is 640 g/mol. The number of methoxy groups -OCH3 is 1. The van der Waals surface area contributed by atoms with Crippen molar-refractivity contribution in [3.8, 4) is 22.6 Å². The van der Waals surface area contributed by atoms with Gasteiger partial charge in [0.1, 0.15) is 11.5 Å². The molecule has 0 radical (unpaired) electrons. The molecule has 5 aromatic rings. The maximum absolute atomic E-state index is 16.1. The number of rotatable bonds is 9. The van der Waals surface area contributed by atoms with Gasteiger partial charge in [-0.3, -0.25) is 19.6 Å². The molecule has 0 bridgehead atoms. The van der Waals surface area contributed by atoms with Gasteiger partial charge in [-0.2, -0.15) is 5.10 Å². The van der Waals surface area contributed by atoms with Crippen LogP contribution in [0.3, 0.4) is 0 Å². The van der Waals surface area contributed by atoms with Gasteiger partial charge in [-0.25, -0.2) is 18.7 Å². The molecule has 12 heteroatoms. The molecule has 2 aliphatic rings. The fraction of sp³-hybridized carbons (Fsp3) is 0.342. The van der Waals surface area contributed by atoms with Crippen LogP contribution in [0.2, 0.25) is 0 Å². The first kappa shape index (κ1) is 33.4. The third-order valence-electron chi connectivity index (χ3n) is 10.1. The molecule has 2 N–H and O–H groups in total. The summed E-state index contributed by atoms with van der Waals surface area (Å²) in [4.78, 5) is 39.4. The number of nitrogens with one attached hydrogen (secondary N) is 2. The lowest BCUT2D eigenvalue weighted by atomic mass is 9.85. The van der Waals surface area contributed by atoms with Crippen molar-refractivity contribution >= 4 is 28.4 Å². The second kappa shape index (κ2) is 14.0. The standard InChI is InChI=1S/C38H39F2N7O3/c1-24-20-26(6-10-31(24)39)35-30-21-28(9-11-32(30)44-45-35)43-37(49)29-12-17-47(33(29)23-50-2)22-34(48)46-18-13-38(40,14-19-46)27-7-4-25(5-8-27)36-41-15-3-16-42-36/h3-11,15-16,20-21,29,33H,12-14,17-19,22-23H2,1-2H3,(H,43,49)(H,44,45)/t29-,33+/m1/s1. The number of benzene rings is 3. The fourth-order valence-corrected chi connectivity index (χ4v) is 7.19. The number of hydrogen-bond acceptors (Lipinski definition) is 7. The number of amides is 2. The molecule has 2 saturated heterocycles. The summed E-state index contributed by atoms with van der Waals surface area (Å²) in [6.07, 6.45) is 4.32. The van der Waals surface area contributed by atoms with Crippen molar-refractivity contribution < 1.29 is 23.1 Å². The highest BCUT2D eigenvalue weighted by Gasteiger charge is 2.42. The Morgan fingerprint density at radius 1 is 1.00 bits per heavy atom. The number of H-pyrrole nitrogens is 1. The van der Waals surface area contributed by atoms with Gasteiger partial charge in [0.2, 0.25) is 11.8 Å². The minimum absolute atomic E-state index is 0.0836. The Morgan fingerprint density at radius 3 is 2.46 bits per heavy atom. The van der Waals surface area contributed by atoms with Crippen LogP contribution in [0.25, 0.3) is 33.5 Å². The van der Waals surface area contributed by atoms with Crippen molar-refractivity contribution in [2.75, 3.05) is 45.2 Å². The fourth-order valence-electron chi connectivity index (χ4n) is 7.19. The maximum atomic E-state index is 16.1. The number of anilines is 1. The zero-order valence-corrected chi connectivity index (χ0v) is 28.0. The van der Waals surface area contributed by atoms with Gasteiger partial charge in [-0.1, -0.05) is 24.3 Å². The van der Waals surface area contributed by atoms with Gasteiger partial charge in [0, 0.05) is 73.7 Å². The summed E-state index contributed by atoms with van der Waals surface area (Å²) in [6.45, 7) is 3.30. The van der Waals surface area contributed by atoms with Crippen molar-refractivity contribution in [2.45, 2.75) is 37.9 Å². The first-order valence-corrected chi connectivity index (χ1v) is 16.9. The quantitative estimate of drug-likeness (QED) is 0.199. The van der Waals surface area contributed by atoms with E-state index < -0.39 is 11.6 Å². The van der Waals surface area contributed by atoms with Gasteiger partial charge >= 0.3 is 0 Å². The van der Waals surface area contributed by atoms with Gasteiger partial charge in [0.25, 0.3) is 0 Å². The van der Waals surface area contributed by atoms with E-state index in [1.807, 2.05) is 35.2 Å². The van der Waals surface area contributed by atoms with Crippen LogP contribution in [-0.4, -0.2) is 87.7 Å². The van der Waals surface area contributed by atoms with Crippen LogP contribution in [0, 0.1) is 18.7 Å². The number of carbonyl (C=O) groups is 2. The van der Waals surface area contributed by atoms with E-state index in [0.717, 1.165) is 22.0 Å².